The SMILES string of the molecule is N#Cc1ccc(C(=O)N2CCN(c3nc(C4(c5ccccc5)CCC(=O)CC4)ns3)CC2)cc1. The van der Waals surface area contributed by atoms with Crippen molar-refractivity contribution in [2.24, 2.45) is 0 Å². The summed E-state index contributed by atoms with van der Waals surface area (Å²) in [6.45, 7) is 2.58. The van der Waals surface area contributed by atoms with E-state index in [0.29, 0.717) is 55.9 Å². The number of anilines is 1. The van der Waals surface area contributed by atoms with Gasteiger partial charge in [0, 0.05) is 56.1 Å². The van der Waals surface area contributed by atoms with Crippen LogP contribution >= 0.6 is 11.5 Å². The first-order valence-corrected chi connectivity index (χ1v) is 12.3. The van der Waals surface area contributed by atoms with E-state index in [9.17, 15) is 9.59 Å². The summed E-state index contributed by atoms with van der Waals surface area (Å²) >= 11 is 1.40. The van der Waals surface area contributed by atoms with Gasteiger partial charge in [-0.15, -0.1) is 0 Å². The Balaban J connectivity index is 1.30. The van der Waals surface area contributed by atoms with Gasteiger partial charge >= 0.3 is 0 Å². The zero-order valence-corrected chi connectivity index (χ0v) is 19.6. The Labute approximate surface area is 202 Å². The van der Waals surface area contributed by atoms with Crippen LogP contribution in [0.25, 0.3) is 0 Å². The lowest BCUT2D eigenvalue weighted by Gasteiger charge is -2.35. The van der Waals surface area contributed by atoms with E-state index < -0.39 is 0 Å². The van der Waals surface area contributed by atoms with Crippen LogP contribution in [0, 0.1) is 11.3 Å². The second-order valence-corrected chi connectivity index (χ2v) is 9.59. The van der Waals surface area contributed by atoms with Crippen molar-refractivity contribution in [1.29, 1.82) is 5.26 Å². The molecule has 7 nitrogen and oxygen atoms in total. The van der Waals surface area contributed by atoms with E-state index in [1.165, 1.54) is 17.1 Å². The highest BCUT2D eigenvalue weighted by Crippen LogP contribution is 2.43. The second-order valence-electron chi connectivity index (χ2n) is 8.86. The van der Waals surface area contributed by atoms with Gasteiger partial charge in [0.2, 0.25) is 5.13 Å². The van der Waals surface area contributed by atoms with Crippen LogP contribution in [0.3, 0.4) is 0 Å². The van der Waals surface area contributed by atoms with Crippen molar-refractivity contribution in [2.75, 3.05) is 31.1 Å². The largest absolute Gasteiger partial charge is 0.343 e. The quantitative estimate of drug-likeness (QED) is 0.575. The Bertz CT molecular complexity index is 1210. The number of hydrogen-bond donors (Lipinski definition) is 0. The Hall–Kier alpha value is -3.57. The van der Waals surface area contributed by atoms with Gasteiger partial charge in [0.25, 0.3) is 5.91 Å². The van der Waals surface area contributed by atoms with E-state index in [0.717, 1.165) is 23.8 Å². The van der Waals surface area contributed by atoms with Gasteiger partial charge in [-0.2, -0.15) is 9.64 Å². The van der Waals surface area contributed by atoms with Crippen LogP contribution in [-0.2, 0) is 10.2 Å². The average molecular weight is 472 g/mol. The first kappa shape index (κ1) is 22.2. The molecule has 1 saturated heterocycles. The fourth-order valence-electron chi connectivity index (χ4n) is 4.86. The number of carbonyl (C=O) groups is 2. The molecule has 0 bridgehead atoms. The number of benzene rings is 2. The van der Waals surface area contributed by atoms with Crippen LogP contribution in [0.1, 0.15) is 53.0 Å². The van der Waals surface area contributed by atoms with Gasteiger partial charge in [-0.3, -0.25) is 9.59 Å². The van der Waals surface area contributed by atoms with Crippen molar-refractivity contribution < 1.29 is 9.59 Å². The Morgan fingerprint density at radius 2 is 1.65 bits per heavy atom. The van der Waals surface area contributed by atoms with Crippen molar-refractivity contribution in [1.82, 2.24) is 14.3 Å². The lowest BCUT2D eigenvalue weighted by molar-refractivity contribution is -0.121. The smallest absolute Gasteiger partial charge is 0.253 e. The molecule has 0 spiro atoms. The maximum absolute atomic E-state index is 12.9. The lowest BCUT2D eigenvalue weighted by atomic mass is 9.68. The van der Waals surface area contributed by atoms with Crippen LogP contribution in [0.2, 0.25) is 0 Å². The van der Waals surface area contributed by atoms with Crippen molar-refractivity contribution >= 4 is 28.4 Å². The lowest BCUT2D eigenvalue weighted by Crippen LogP contribution is -2.48. The van der Waals surface area contributed by atoms with Crippen molar-refractivity contribution in [3.8, 4) is 6.07 Å². The molecule has 3 aromatic rings. The third-order valence-electron chi connectivity index (χ3n) is 6.93. The molecule has 0 atom stereocenters. The monoisotopic (exact) mass is 471 g/mol. The van der Waals surface area contributed by atoms with E-state index in [-0.39, 0.29) is 11.3 Å². The van der Waals surface area contributed by atoms with Crippen molar-refractivity contribution in [3.63, 3.8) is 0 Å². The molecular formula is C26H25N5O2S. The van der Waals surface area contributed by atoms with Crippen LogP contribution in [0.15, 0.2) is 54.6 Å². The van der Waals surface area contributed by atoms with Gasteiger partial charge in [0.15, 0.2) is 5.82 Å². The van der Waals surface area contributed by atoms with Gasteiger partial charge < -0.3 is 9.80 Å². The van der Waals surface area contributed by atoms with Gasteiger partial charge in [0.1, 0.15) is 5.78 Å². The molecule has 1 aliphatic heterocycles. The Morgan fingerprint density at radius 3 is 2.29 bits per heavy atom. The third kappa shape index (κ3) is 4.19. The standard InChI is InChI=1S/C26H25N5O2S/c27-18-19-6-8-20(9-7-19)23(33)30-14-16-31(17-15-30)25-28-24(29-34-25)26(12-10-22(32)11-13-26)21-4-2-1-3-5-21/h1-9H,10-17H2. The first-order valence-electron chi connectivity index (χ1n) is 11.5. The summed E-state index contributed by atoms with van der Waals surface area (Å²) in [5.74, 6) is 1.10. The number of aromatic nitrogens is 2. The molecular weight excluding hydrogens is 446 g/mol. The minimum Gasteiger partial charge on any atom is -0.343 e. The maximum Gasteiger partial charge on any atom is 0.253 e. The summed E-state index contributed by atoms with van der Waals surface area (Å²) in [6.07, 6.45) is 2.58. The zero-order chi connectivity index (χ0) is 23.5. The minimum atomic E-state index is -0.322. The average Bonchev–Trinajstić information content (AvgIpc) is 3.40. The number of hydrogen-bond acceptors (Lipinski definition) is 7. The van der Waals surface area contributed by atoms with E-state index in [1.807, 2.05) is 23.1 Å². The molecule has 1 aliphatic carbocycles. The fourth-order valence-corrected chi connectivity index (χ4v) is 5.67. The van der Waals surface area contributed by atoms with Gasteiger partial charge in [-0.25, -0.2) is 4.98 Å². The van der Waals surface area contributed by atoms with E-state index >= 15 is 0 Å². The van der Waals surface area contributed by atoms with Crippen LogP contribution < -0.4 is 4.90 Å². The predicted octanol–water partition coefficient (Wildman–Crippen LogP) is 3.80. The van der Waals surface area contributed by atoms with E-state index in [2.05, 4.69) is 23.1 Å². The number of carbonyl (C=O) groups excluding carboxylic acids is 2. The molecule has 0 N–H and O–H groups in total. The summed E-state index contributed by atoms with van der Waals surface area (Å²) in [7, 11) is 0. The molecule has 2 aliphatic rings. The third-order valence-corrected chi connectivity index (χ3v) is 7.71. The topological polar surface area (TPSA) is 90.2 Å². The molecule has 34 heavy (non-hydrogen) atoms. The fraction of sp³-hybridized carbons (Fsp3) is 0.346. The van der Waals surface area contributed by atoms with Gasteiger partial charge in [-0.1, -0.05) is 30.3 Å². The summed E-state index contributed by atoms with van der Waals surface area (Å²) < 4.78 is 4.78. The number of piperazine rings is 1. The number of rotatable bonds is 4. The molecule has 1 amide bonds. The van der Waals surface area contributed by atoms with Crippen LogP contribution in [-0.4, -0.2) is 52.1 Å². The van der Waals surface area contributed by atoms with Crippen LogP contribution in [0.5, 0.6) is 0 Å². The predicted molar refractivity (Wildman–Crippen MR) is 130 cm³/mol. The number of amides is 1. The molecule has 172 valence electrons. The first-order chi connectivity index (χ1) is 16.6. The molecule has 1 aromatic heterocycles. The van der Waals surface area contributed by atoms with Crippen molar-refractivity contribution in [2.45, 2.75) is 31.1 Å². The number of Topliss-reactive ketones (excluding diaryl/α,β-unsaturated/α-hetero) is 1. The number of nitriles is 1. The molecule has 2 fully saturated rings. The Kier molecular flexibility index (Phi) is 6.12. The molecule has 1 saturated carbocycles. The summed E-state index contributed by atoms with van der Waals surface area (Å²) in [5, 5.41) is 9.82. The summed E-state index contributed by atoms with van der Waals surface area (Å²) in [6, 6.07) is 19.1. The van der Waals surface area contributed by atoms with Gasteiger partial charge in [-0.05, 0) is 42.7 Å². The molecule has 5 rings (SSSR count). The molecule has 8 heteroatoms. The summed E-state index contributed by atoms with van der Waals surface area (Å²) in [5.41, 5.74) is 1.99. The number of nitrogens with zero attached hydrogens (tertiary/aromatic N) is 5. The molecule has 2 heterocycles. The van der Waals surface area contributed by atoms with Gasteiger partial charge in [0.05, 0.1) is 17.0 Å². The second kappa shape index (κ2) is 9.35. The Morgan fingerprint density at radius 1 is 0.971 bits per heavy atom. The van der Waals surface area contributed by atoms with Crippen LogP contribution in [0.4, 0.5) is 5.13 Å². The highest BCUT2D eigenvalue weighted by Gasteiger charge is 2.41. The molecule has 0 unspecified atom stereocenters. The maximum atomic E-state index is 12.9. The highest BCUT2D eigenvalue weighted by molar-refractivity contribution is 7.09. The zero-order valence-electron chi connectivity index (χ0n) is 18.8. The highest BCUT2D eigenvalue weighted by atomic mass is 32.1. The minimum absolute atomic E-state index is 0.0167. The normalized spacial score (nSPS) is 17.9. The van der Waals surface area contributed by atoms with E-state index in [1.54, 1.807) is 24.3 Å². The summed E-state index contributed by atoms with van der Waals surface area (Å²) in [4.78, 5) is 33.8. The van der Waals surface area contributed by atoms with E-state index in [4.69, 9.17) is 14.6 Å². The number of ketones is 1. The van der Waals surface area contributed by atoms with Crippen molar-refractivity contribution in [3.05, 3.63) is 77.1 Å². The molecule has 2 aromatic carbocycles. The molecule has 0 radical (unpaired) electrons.